The molecule has 0 heterocycles. The van der Waals surface area contributed by atoms with Crippen LogP contribution >= 0.6 is 0 Å². The summed E-state index contributed by atoms with van der Waals surface area (Å²) in [5, 5.41) is 3.81. The molecule has 0 aromatic heterocycles. The average molecular weight is 420 g/mol. The summed E-state index contributed by atoms with van der Waals surface area (Å²) in [6.07, 6.45) is 0.0851. The van der Waals surface area contributed by atoms with Gasteiger partial charge in [0.25, 0.3) is 10.1 Å². The molecule has 0 bridgehead atoms. The third-order valence-corrected chi connectivity index (χ3v) is 4.67. The predicted octanol–water partition coefficient (Wildman–Crippen LogP) is 4.04. The minimum absolute atomic E-state index is 0.150. The third-order valence-electron chi connectivity index (χ3n) is 4.11. The van der Waals surface area contributed by atoms with Crippen LogP contribution in [0.4, 0.5) is 0 Å². The molecule has 0 aliphatic heterocycles. The Labute approximate surface area is 171 Å². The highest BCUT2D eigenvalue weighted by atomic mass is 32.2. The van der Waals surface area contributed by atoms with Crippen LogP contribution in [-0.2, 0) is 37.0 Å². The van der Waals surface area contributed by atoms with Crippen molar-refractivity contribution < 1.29 is 22.1 Å². The van der Waals surface area contributed by atoms with Gasteiger partial charge in [0.1, 0.15) is 0 Å². The van der Waals surface area contributed by atoms with Crippen molar-refractivity contribution in [2.24, 2.45) is 11.0 Å². The van der Waals surface area contributed by atoms with Crippen LogP contribution in [0.2, 0.25) is 0 Å². The Bertz CT molecular complexity index is 843. The molecule has 0 radical (unpaired) electrons. The Hall–Kier alpha value is -2.42. The van der Waals surface area contributed by atoms with Crippen molar-refractivity contribution in [2.45, 2.75) is 32.5 Å². The SMILES string of the molecule is CC(COS(C)(=O)=O)C(N=[N+]=[N-])C(OCc1ccccc1)OCc1ccccc1. The monoisotopic (exact) mass is 419 g/mol. The summed E-state index contributed by atoms with van der Waals surface area (Å²) < 4.78 is 39.4. The smallest absolute Gasteiger partial charge is 0.264 e. The van der Waals surface area contributed by atoms with E-state index in [0.717, 1.165) is 17.4 Å². The summed E-state index contributed by atoms with van der Waals surface area (Å²) in [5.41, 5.74) is 10.9. The molecule has 2 rings (SSSR count). The van der Waals surface area contributed by atoms with Gasteiger partial charge in [-0.05, 0) is 22.6 Å². The first kappa shape index (κ1) is 22.9. The molecule has 9 heteroatoms. The lowest BCUT2D eigenvalue weighted by Gasteiger charge is -2.28. The van der Waals surface area contributed by atoms with Crippen LogP contribution in [-0.4, -0.2) is 33.6 Å². The molecule has 0 N–H and O–H groups in total. The largest absolute Gasteiger partial charge is 0.348 e. The molecule has 29 heavy (non-hydrogen) atoms. The Balaban J connectivity index is 2.14. The lowest BCUT2D eigenvalue weighted by atomic mass is 10.0. The van der Waals surface area contributed by atoms with Crippen molar-refractivity contribution in [3.63, 3.8) is 0 Å². The van der Waals surface area contributed by atoms with Crippen molar-refractivity contribution >= 4 is 10.1 Å². The summed E-state index contributed by atoms with van der Waals surface area (Å²) >= 11 is 0. The number of benzene rings is 2. The summed E-state index contributed by atoms with van der Waals surface area (Å²) in [6.45, 7) is 2.06. The fraction of sp³-hybridized carbons (Fsp3) is 0.400. The van der Waals surface area contributed by atoms with Crippen molar-refractivity contribution in [1.29, 1.82) is 0 Å². The van der Waals surface area contributed by atoms with E-state index in [2.05, 4.69) is 10.0 Å². The summed E-state index contributed by atoms with van der Waals surface area (Å²) in [6, 6.07) is 18.2. The fourth-order valence-corrected chi connectivity index (χ4v) is 3.04. The lowest BCUT2D eigenvalue weighted by molar-refractivity contribution is -0.175. The third kappa shape index (κ3) is 8.64. The Morgan fingerprint density at radius 3 is 1.86 bits per heavy atom. The minimum Gasteiger partial charge on any atom is -0.348 e. The first-order valence-electron chi connectivity index (χ1n) is 9.08. The fourth-order valence-electron chi connectivity index (χ4n) is 2.58. The van der Waals surface area contributed by atoms with E-state index >= 15 is 0 Å². The molecule has 0 aliphatic rings. The van der Waals surface area contributed by atoms with Crippen LogP contribution in [0.3, 0.4) is 0 Å². The maximum Gasteiger partial charge on any atom is 0.264 e. The predicted molar refractivity (Wildman–Crippen MR) is 109 cm³/mol. The number of ether oxygens (including phenoxy) is 2. The van der Waals surface area contributed by atoms with Crippen LogP contribution < -0.4 is 0 Å². The van der Waals surface area contributed by atoms with Crippen molar-refractivity contribution in [3.8, 4) is 0 Å². The quantitative estimate of drug-likeness (QED) is 0.169. The van der Waals surface area contributed by atoms with Gasteiger partial charge in [0, 0.05) is 4.91 Å². The van der Waals surface area contributed by atoms with Crippen LogP contribution in [0.15, 0.2) is 65.8 Å². The van der Waals surface area contributed by atoms with Gasteiger partial charge in [0.05, 0.1) is 32.1 Å². The van der Waals surface area contributed by atoms with E-state index in [1.807, 2.05) is 60.7 Å². The number of rotatable bonds is 12. The van der Waals surface area contributed by atoms with E-state index in [4.69, 9.17) is 19.2 Å². The molecular weight excluding hydrogens is 394 g/mol. The topological polar surface area (TPSA) is 111 Å². The molecule has 0 spiro atoms. The number of hydrogen-bond donors (Lipinski definition) is 0. The zero-order valence-corrected chi connectivity index (χ0v) is 17.2. The van der Waals surface area contributed by atoms with Crippen LogP contribution in [0.5, 0.6) is 0 Å². The van der Waals surface area contributed by atoms with Gasteiger partial charge >= 0.3 is 0 Å². The highest BCUT2D eigenvalue weighted by Crippen LogP contribution is 2.20. The molecule has 0 saturated heterocycles. The van der Waals surface area contributed by atoms with Crippen molar-refractivity contribution in [1.82, 2.24) is 0 Å². The van der Waals surface area contributed by atoms with Gasteiger partial charge in [-0.1, -0.05) is 72.7 Å². The van der Waals surface area contributed by atoms with Crippen LogP contribution in [0.1, 0.15) is 18.1 Å². The summed E-state index contributed by atoms with van der Waals surface area (Å²) in [5.74, 6) is -0.461. The molecule has 156 valence electrons. The highest BCUT2D eigenvalue weighted by molar-refractivity contribution is 7.85. The number of nitrogens with zero attached hydrogens (tertiary/aromatic N) is 3. The van der Waals surface area contributed by atoms with Gasteiger partial charge in [-0.25, -0.2) is 0 Å². The van der Waals surface area contributed by atoms with Crippen molar-refractivity contribution in [2.75, 3.05) is 12.9 Å². The van der Waals surface area contributed by atoms with E-state index in [9.17, 15) is 8.42 Å². The second-order valence-electron chi connectivity index (χ2n) is 6.62. The van der Waals surface area contributed by atoms with Gasteiger partial charge in [-0.3, -0.25) is 4.18 Å². The van der Waals surface area contributed by atoms with Gasteiger partial charge in [0.15, 0.2) is 6.29 Å². The molecule has 0 aliphatic carbocycles. The van der Waals surface area contributed by atoms with Gasteiger partial charge in [0.2, 0.25) is 0 Å². The van der Waals surface area contributed by atoms with Gasteiger partial charge in [-0.2, -0.15) is 8.42 Å². The molecule has 2 aromatic rings. The summed E-state index contributed by atoms with van der Waals surface area (Å²) in [7, 11) is -3.62. The zero-order chi connectivity index (χ0) is 21.1. The van der Waals surface area contributed by atoms with E-state index in [-0.39, 0.29) is 19.8 Å². The van der Waals surface area contributed by atoms with E-state index in [1.54, 1.807) is 6.92 Å². The van der Waals surface area contributed by atoms with Crippen LogP contribution in [0, 0.1) is 5.92 Å². The Morgan fingerprint density at radius 1 is 0.966 bits per heavy atom. The molecule has 0 amide bonds. The molecule has 0 fully saturated rings. The molecule has 8 nitrogen and oxygen atoms in total. The highest BCUT2D eigenvalue weighted by Gasteiger charge is 2.29. The molecule has 2 atom stereocenters. The zero-order valence-electron chi connectivity index (χ0n) is 16.4. The number of hydrogen-bond acceptors (Lipinski definition) is 6. The molecule has 0 saturated carbocycles. The molecular formula is C20H25N3O5S. The number of azide groups is 1. The second-order valence-corrected chi connectivity index (χ2v) is 8.27. The standard InChI is InChI=1S/C20H25N3O5S/c1-16(13-28-29(2,24)25)19(22-23-21)20(26-14-17-9-5-3-6-10-17)27-15-18-11-7-4-8-12-18/h3-12,16,19-20H,13-15H2,1-2H3. The molecule has 2 aromatic carbocycles. The normalized spacial score (nSPS) is 13.6. The van der Waals surface area contributed by atoms with E-state index in [0.29, 0.717) is 0 Å². The summed E-state index contributed by atoms with van der Waals surface area (Å²) in [4.78, 5) is 2.89. The van der Waals surface area contributed by atoms with Crippen LogP contribution in [0.25, 0.3) is 10.4 Å². The maximum atomic E-state index is 11.3. The second kappa shape index (κ2) is 11.5. The average Bonchev–Trinajstić information content (AvgIpc) is 2.72. The Kier molecular flexibility index (Phi) is 9.11. The molecule has 2 unspecified atom stereocenters. The Morgan fingerprint density at radius 2 is 1.45 bits per heavy atom. The first-order valence-corrected chi connectivity index (χ1v) is 10.9. The van der Waals surface area contributed by atoms with E-state index in [1.165, 1.54) is 0 Å². The maximum absolute atomic E-state index is 11.3. The van der Waals surface area contributed by atoms with Gasteiger partial charge < -0.3 is 9.47 Å². The lowest BCUT2D eigenvalue weighted by Crippen LogP contribution is -2.37. The van der Waals surface area contributed by atoms with Gasteiger partial charge in [-0.15, -0.1) is 0 Å². The first-order chi connectivity index (χ1) is 13.9. The van der Waals surface area contributed by atoms with E-state index < -0.39 is 28.4 Å². The minimum atomic E-state index is -3.62. The van der Waals surface area contributed by atoms with Crippen molar-refractivity contribution in [3.05, 3.63) is 82.2 Å².